The summed E-state index contributed by atoms with van der Waals surface area (Å²) in [5.74, 6) is 1.90. The molecule has 2 rings (SSSR count). The lowest BCUT2D eigenvalue weighted by Crippen LogP contribution is -2.07. The third-order valence-electron chi connectivity index (χ3n) is 2.42. The average Bonchev–Trinajstić information content (AvgIpc) is 2.95. The normalized spacial score (nSPS) is 15.5. The maximum atomic E-state index is 5.80. The van der Waals surface area contributed by atoms with E-state index in [1.54, 1.807) is 0 Å². The van der Waals surface area contributed by atoms with Gasteiger partial charge in [-0.2, -0.15) is 0 Å². The van der Waals surface area contributed by atoms with E-state index in [-0.39, 0.29) is 6.10 Å². The molecule has 2 nitrogen and oxygen atoms in total. The first-order chi connectivity index (χ1) is 7.16. The van der Waals surface area contributed by atoms with Gasteiger partial charge in [-0.05, 0) is 45.7 Å². The summed E-state index contributed by atoms with van der Waals surface area (Å²) in [6.45, 7) is 6.12. The molecule has 2 heteroatoms. The van der Waals surface area contributed by atoms with Crippen LogP contribution in [0.1, 0.15) is 32.3 Å². The molecule has 1 aliphatic carbocycles. The summed E-state index contributed by atoms with van der Waals surface area (Å²) < 4.78 is 11.5. The maximum Gasteiger partial charge on any atom is 0.126 e. The number of ether oxygens (including phenoxy) is 2. The summed E-state index contributed by atoms with van der Waals surface area (Å²) >= 11 is 0. The molecule has 0 heterocycles. The molecule has 1 aromatic carbocycles. The van der Waals surface area contributed by atoms with Crippen LogP contribution in [-0.4, -0.2) is 12.2 Å². The Hall–Kier alpha value is -1.18. The highest BCUT2D eigenvalue weighted by Gasteiger charge is 2.24. The van der Waals surface area contributed by atoms with Gasteiger partial charge in [0.25, 0.3) is 0 Å². The zero-order valence-corrected chi connectivity index (χ0v) is 9.62. The molecule has 1 aromatic rings. The van der Waals surface area contributed by atoms with Crippen molar-refractivity contribution < 1.29 is 9.47 Å². The highest BCUT2D eigenvalue weighted by molar-refractivity contribution is 5.43. The molecule has 1 fully saturated rings. The molecule has 0 aliphatic heterocycles. The van der Waals surface area contributed by atoms with Crippen molar-refractivity contribution in [3.63, 3.8) is 0 Å². The molecule has 82 valence electrons. The van der Waals surface area contributed by atoms with Crippen LogP contribution in [0.2, 0.25) is 0 Å². The first-order valence-electron chi connectivity index (χ1n) is 5.59. The second kappa shape index (κ2) is 4.13. The molecule has 15 heavy (non-hydrogen) atoms. The summed E-state index contributed by atoms with van der Waals surface area (Å²) in [5.41, 5.74) is 1.11. The van der Waals surface area contributed by atoms with Crippen LogP contribution in [0.25, 0.3) is 0 Å². The van der Waals surface area contributed by atoms with E-state index in [1.165, 1.54) is 12.8 Å². The molecule has 1 saturated carbocycles. The zero-order chi connectivity index (χ0) is 10.8. The lowest BCUT2D eigenvalue weighted by Gasteiger charge is -2.15. The van der Waals surface area contributed by atoms with Crippen LogP contribution in [0, 0.1) is 6.92 Å². The van der Waals surface area contributed by atoms with Crippen molar-refractivity contribution in [3.05, 3.63) is 23.8 Å². The van der Waals surface area contributed by atoms with E-state index in [0.29, 0.717) is 6.10 Å². The molecular weight excluding hydrogens is 188 g/mol. The molecule has 1 aliphatic rings. The molecule has 0 radical (unpaired) electrons. The smallest absolute Gasteiger partial charge is 0.126 e. The lowest BCUT2D eigenvalue weighted by atomic mass is 10.2. The minimum absolute atomic E-state index is 0.208. The third-order valence-corrected chi connectivity index (χ3v) is 2.42. The molecule has 0 bridgehead atoms. The molecule has 0 amide bonds. The van der Waals surface area contributed by atoms with Crippen molar-refractivity contribution in [1.29, 1.82) is 0 Å². The summed E-state index contributed by atoms with van der Waals surface area (Å²) in [4.78, 5) is 0. The van der Waals surface area contributed by atoms with Crippen LogP contribution in [0.4, 0.5) is 0 Å². The third kappa shape index (κ3) is 2.65. The topological polar surface area (TPSA) is 18.5 Å². The fourth-order valence-electron chi connectivity index (χ4n) is 1.47. The Morgan fingerprint density at radius 2 is 1.87 bits per heavy atom. The van der Waals surface area contributed by atoms with Gasteiger partial charge in [-0.15, -0.1) is 0 Å². The maximum absolute atomic E-state index is 5.80. The van der Waals surface area contributed by atoms with Gasteiger partial charge in [0.15, 0.2) is 0 Å². The molecular formula is C13H18O2. The Balaban J connectivity index is 2.15. The van der Waals surface area contributed by atoms with Crippen molar-refractivity contribution in [1.82, 2.24) is 0 Å². The standard InChI is InChI=1S/C13H18O2/c1-9(2)14-12-5-4-6-13(10(12)3)15-11-7-8-11/h4-6,9,11H,7-8H2,1-3H3. The van der Waals surface area contributed by atoms with E-state index >= 15 is 0 Å². The number of rotatable bonds is 4. The quantitative estimate of drug-likeness (QED) is 0.752. The highest BCUT2D eigenvalue weighted by atomic mass is 16.5. The zero-order valence-electron chi connectivity index (χ0n) is 9.62. The van der Waals surface area contributed by atoms with Gasteiger partial charge in [0, 0.05) is 5.56 Å². The Bertz CT molecular complexity index is 318. The van der Waals surface area contributed by atoms with Crippen molar-refractivity contribution >= 4 is 0 Å². The predicted molar refractivity (Wildman–Crippen MR) is 60.6 cm³/mol. The molecule has 0 saturated heterocycles. The van der Waals surface area contributed by atoms with E-state index in [1.807, 2.05) is 32.0 Å². The van der Waals surface area contributed by atoms with Gasteiger partial charge in [-0.1, -0.05) is 6.07 Å². The molecule has 0 aromatic heterocycles. The predicted octanol–water partition coefficient (Wildman–Crippen LogP) is 3.32. The summed E-state index contributed by atoms with van der Waals surface area (Å²) in [6, 6.07) is 6.00. The molecule has 0 atom stereocenters. The van der Waals surface area contributed by atoms with Crippen molar-refractivity contribution in [3.8, 4) is 11.5 Å². The fraction of sp³-hybridized carbons (Fsp3) is 0.538. The van der Waals surface area contributed by atoms with E-state index < -0.39 is 0 Å². The summed E-state index contributed by atoms with van der Waals surface area (Å²) in [6.07, 6.45) is 3.03. The SMILES string of the molecule is Cc1c(OC(C)C)cccc1OC1CC1. The fourth-order valence-corrected chi connectivity index (χ4v) is 1.47. The number of hydrogen-bond acceptors (Lipinski definition) is 2. The van der Waals surface area contributed by atoms with Gasteiger partial charge < -0.3 is 9.47 Å². The minimum atomic E-state index is 0.208. The number of hydrogen-bond donors (Lipinski definition) is 0. The Morgan fingerprint density at radius 3 is 2.47 bits per heavy atom. The van der Waals surface area contributed by atoms with Crippen LogP contribution in [-0.2, 0) is 0 Å². The van der Waals surface area contributed by atoms with Crippen LogP contribution < -0.4 is 9.47 Å². The van der Waals surface area contributed by atoms with Crippen molar-refractivity contribution in [2.75, 3.05) is 0 Å². The largest absolute Gasteiger partial charge is 0.491 e. The molecule has 0 spiro atoms. The van der Waals surface area contributed by atoms with E-state index in [4.69, 9.17) is 9.47 Å². The van der Waals surface area contributed by atoms with E-state index in [2.05, 4.69) is 6.92 Å². The van der Waals surface area contributed by atoms with Gasteiger partial charge in [-0.25, -0.2) is 0 Å². The van der Waals surface area contributed by atoms with Gasteiger partial charge >= 0.3 is 0 Å². The van der Waals surface area contributed by atoms with Crippen LogP contribution in [0.3, 0.4) is 0 Å². The van der Waals surface area contributed by atoms with Crippen LogP contribution >= 0.6 is 0 Å². The molecule has 0 unspecified atom stereocenters. The highest BCUT2D eigenvalue weighted by Crippen LogP contribution is 2.33. The molecule has 0 N–H and O–H groups in total. The van der Waals surface area contributed by atoms with E-state index in [0.717, 1.165) is 17.1 Å². The monoisotopic (exact) mass is 206 g/mol. The number of benzene rings is 1. The Labute approximate surface area is 91.2 Å². The first kappa shape index (κ1) is 10.3. The van der Waals surface area contributed by atoms with Crippen molar-refractivity contribution in [2.45, 2.75) is 45.8 Å². The Kier molecular flexibility index (Phi) is 2.85. The second-order valence-electron chi connectivity index (χ2n) is 4.36. The average molecular weight is 206 g/mol. The van der Waals surface area contributed by atoms with Gasteiger partial charge in [-0.3, -0.25) is 0 Å². The van der Waals surface area contributed by atoms with Gasteiger partial charge in [0.1, 0.15) is 11.5 Å². The van der Waals surface area contributed by atoms with E-state index in [9.17, 15) is 0 Å². The van der Waals surface area contributed by atoms with Gasteiger partial charge in [0.05, 0.1) is 12.2 Å². The lowest BCUT2D eigenvalue weighted by molar-refractivity contribution is 0.237. The minimum Gasteiger partial charge on any atom is -0.491 e. The van der Waals surface area contributed by atoms with Gasteiger partial charge in [0.2, 0.25) is 0 Å². The summed E-state index contributed by atoms with van der Waals surface area (Å²) in [7, 11) is 0. The van der Waals surface area contributed by atoms with Crippen LogP contribution in [0.15, 0.2) is 18.2 Å². The second-order valence-corrected chi connectivity index (χ2v) is 4.36. The van der Waals surface area contributed by atoms with Crippen molar-refractivity contribution in [2.24, 2.45) is 0 Å². The first-order valence-corrected chi connectivity index (χ1v) is 5.59. The summed E-state index contributed by atoms with van der Waals surface area (Å²) in [5, 5.41) is 0. The Morgan fingerprint density at radius 1 is 1.20 bits per heavy atom. The van der Waals surface area contributed by atoms with Crippen LogP contribution in [0.5, 0.6) is 11.5 Å².